The van der Waals surface area contributed by atoms with Gasteiger partial charge in [-0.15, -0.1) is 11.8 Å². The third-order valence-electron chi connectivity index (χ3n) is 2.06. The molecular weight excluding hydrogens is 206 g/mol. The fourth-order valence-electron chi connectivity index (χ4n) is 1.40. The van der Waals surface area contributed by atoms with E-state index < -0.39 is 0 Å². The van der Waals surface area contributed by atoms with Gasteiger partial charge in [-0.3, -0.25) is 0 Å². The zero-order valence-electron chi connectivity index (χ0n) is 9.40. The fourth-order valence-corrected chi connectivity index (χ4v) is 2.38. The maximum absolute atomic E-state index is 5.81. The lowest BCUT2D eigenvalue weighted by Gasteiger charge is -2.10. The smallest absolute Gasteiger partial charge is 0.0556 e. The molecule has 3 heteroatoms. The molecule has 0 bridgehead atoms. The van der Waals surface area contributed by atoms with Gasteiger partial charge in [-0.1, -0.05) is 18.2 Å². The predicted octanol–water partition coefficient (Wildman–Crippen LogP) is 2.31. The first-order chi connectivity index (χ1) is 7.24. The number of benzene rings is 1. The minimum Gasteiger partial charge on any atom is -0.384 e. The first kappa shape index (κ1) is 12.6. The van der Waals surface area contributed by atoms with E-state index in [4.69, 9.17) is 10.5 Å². The molecule has 1 aromatic carbocycles. The van der Waals surface area contributed by atoms with Crippen molar-refractivity contribution in [3.8, 4) is 0 Å². The molecule has 2 nitrogen and oxygen atoms in total. The molecule has 0 aliphatic rings. The van der Waals surface area contributed by atoms with E-state index in [2.05, 4.69) is 24.3 Å². The Kier molecular flexibility index (Phi) is 5.76. The van der Waals surface area contributed by atoms with E-state index in [9.17, 15) is 0 Å². The summed E-state index contributed by atoms with van der Waals surface area (Å²) in [5, 5.41) is 0. The van der Waals surface area contributed by atoms with Crippen molar-refractivity contribution in [2.75, 3.05) is 19.5 Å². The van der Waals surface area contributed by atoms with Crippen molar-refractivity contribution < 1.29 is 4.74 Å². The van der Waals surface area contributed by atoms with Gasteiger partial charge in [-0.05, 0) is 25.0 Å². The highest BCUT2D eigenvalue weighted by atomic mass is 32.2. The van der Waals surface area contributed by atoms with E-state index >= 15 is 0 Å². The van der Waals surface area contributed by atoms with Gasteiger partial charge in [0.2, 0.25) is 0 Å². The van der Waals surface area contributed by atoms with Gasteiger partial charge >= 0.3 is 0 Å². The van der Waals surface area contributed by atoms with Gasteiger partial charge < -0.3 is 10.5 Å². The molecule has 1 unspecified atom stereocenters. The Morgan fingerprint density at radius 3 is 2.80 bits per heavy atom. The van der Waals surface area contributed by atoms with E-state index in [1.807, 2.05) is 18.7 Å². The van der Waals surface area contributed by atoms with Gasteiger partial charge in [-0.25, -0.2) is 0 Å². The van der Waals surface area contributed by atoms with E-state index in [1.165, 1.54) is 10.5 Å². The maximum Gasteiger partial charge on any atom is 0.0556 e. The Morgan fingerprint density at radius 2 is 2.13 bits per heavy atom. The topological polar surface area (TPSA) is 35.2 Å². The lowest BCUT2D eigenvalue weighted by atomic mass is 10.1. The minimum atomic E-state index is 0.217. The molecule has 0 aliphatic heterocycles. The number of thioether (sulfide) groups is 1. The SMILES string of the molecule is COCCSc1ccccc1CC(C)N. The summed E-state index contributed by atoms with van der Waals surface area (Å²) in [7, 11) is 1.73. The first-order valence-corrected chi connectivity index (χ1v) is 6.18. The summed E-state index contributed by atoms with van der Waals surface area (Å²) in [6.07, 6.45) is 0.941. The molecule has 0 amide bonds. The van der Waals surface area contributed by atoms with Crippen LogP contribution in [0.3, 0.4) is 0 Å². The Morgan fingerprint density at radius 1 is 1.40 bits per heavy atom. The molecule has 0 saturated carbocycles. The molecule has 0 fully saturated rings. The van der Waals surface area contributed by atoms with Crippen LogP contribution in [0.5, 0.6) is 0 Å². The normalized spacial score (nSPS) is 12.7. The molecule has 15 heavy (non-hydrogen) atoms. The molecule has 1 atom stereocenters. The molecule has 1 aromatic rings. The Balaban J connectivity index is 2.60. The van der Waals surface area contributed by atoms with Crippen LogP contribution in [0.2, 0.25) is 0 Å². The van der Waals surface area contributed by atoms with Crippen molar-refractivity contribution in [3.05, 3.63) is 29.8 Å². The second kappa shape index (κ2) is 6.88. The molecule has 84 valence electrons. The Hall–Kier alpha value is -0.510. The van der Waals surface area contributed by atoms with Gasteiger partial charge in [0.25, 0.3) is 0 Å². The average molecular weight is 225 g/mol. The summed E-state index contributed by atoms with van der Waals surface area (Å²) in [5.74, 6) is 0.993. The lowest BCUT2D eigenvalue weighted by Crippen LogP contribution is -2.18. The predicted molar refractivity (Wildman–Crippen MR) is 66.4 cm³/mol. The van der Waals surface area contributed by atoms with Crippen LogP contribution in [0.25, 0.3) is 0 Å². The second-order valence-corrected chi connectivity index (χ2v) is 4.77. The molecule has 0 spiro atoms. The summed E-state index contributed by atoms with van der Waals surface area (Å²) < 4.78 is 5.04. The zero-order chi connectivity index (χ0) is 11.1. The number of ether oxygens (including phenoxy) is 1. The molecule has 0 aromatic heterocycles. The van der Waals surface area contributed by atoms with Crippen LogP contribution in [0.15, 0.2) is 29.2 Å². The summed E-state index contributed by atoms with van der Waals surface area (Å²) in [4.78, 5) is 1.33. The molecule has 0 heterocycles. The van der Waals surface area contributed by atoms with Gasteiger partial charge in [0, 0.05) is 23.8 Å². The van der Waals surface area contributed by atoms with Crippen molar-refractivity contribution >= 4 is 11.8 Å². The van der Waals surface area contributed by atoms with Crippen LogP contribution in [0, 0.1) is 0 Å². The minimum absolute atomic E-state index is 0.217. The van der Waals surface area contributed by atoms with E-state index in [0.29, 0.717) is 0 Å². The quantitative estimate of drug-likeness (QED) is 0.596. The van der Waals surface area contributed by atoms with Crippen molar-refractivity contribution in [2.24, 2.45) is 5.73 Å². The Bertz CT molecular complexity index is 289. The number of rotatable bonds is 6. The molecule has 0 saturated heterocycles. The number of hydrogen-bond donors (Lipinski definition) is 1. The van der Waals surface area contributed by atoms with Gasteiger partial charge in [0.05, 0.1) is 6.61 Å². The van der Waals surface area contributed by atoms with Crippen LogP contribution in [-0.2, 0) is 11.2 Å². The monoisotopic (exact) mass is 225 g/mol. The Labute approximate surface area is 96.2 Å². The van der Waals surface area contributed by atoms with Gasteiger partial charge in [0.1, 0.15) is 0 Å². The molecule has 1 rings (SSSR count). The number of methoxy groups -OCH3 is 1. The highest BCUT2D eigenvalue weighted by molar-refractivity contribution is 7.99. The average Bonchev–Trinajstić information content (AvgIpc) is 2.20. The van der Waals surface area contributed by atoms with Gasteiger partial charge in [-0.2, -0.15) is 0 Å². The molecule has 0 radical (unpaired) electrons. The second-order valence-electron chi connectivity index (χ2n) is 3.63. The number of nitrogens with two attached hydrogens (primary N) is 1. The largest absolute Gasteiger partial charge is 0.384 e. The zero-order valence-corrected chi connectivity index (χ0v) is 10.2. The van der Waals surface area contributed by atoms with Crippen LogP contribution in [0.1, 0.15) is 12.5 Å². The van der Waals surface area contributed by atoms with Crippen molar-refractivity contribution in [3.63, 3.8) is 0 Å². The van der Waals surface area contributed by atoms with Crippen molar-refractivity contribution in [1.29, 1.82) is 0 Å². The van der Waals surface area contributed by atoms with Crippen LogP contribution in [-0.4, -0.2) is 25.5 Å². The third kappa shape index (κ3) is 4.69. The summed E-state index contributed by atoms with van der Waals surface area (Å²) in [5.41, 5.74) is 7.16. The maximum atomic E-state index is 5.81. The summed E-state index contributed by atoms with van der Waals surface area (Å²) >= 11 is 1.83. The summed E-state index contributed by atoms with van der Waals surface area (Å²) in [6, 6.07) is 8.66. The van der Waals surface area contributed by atoms with E-state index in [0.717, 1.165) is 18.8 Å². The van der Waals surface area contributed by atoms with Crippen molar-refractivity contribution in [1.82, 2.24) is 0 Å². The molecule has 2 N–H and O–H groups in total. The fraction of sp³-hybridized carbons (Fsp3) is 0.500. The first-order valence-electron chi connectivity index (χ1n) is 5.19. The third-order valence-corrected chi connectivity index (χ3v) is 3.14. The highest BCUT2D eigenvalue weighted by Gasteiger charge is 2.04. The highest BCUT2D eigenvalue weighted by Crippen LogP contribution is 2.23. The lowest BCUT2D eigenvalue weighted by molar-refractivity contribution is 0.218. The standard InChI is InChI=1S/C12H19NOS/c1-10(13)9-11-5-3-4-6-12(11)15-8-7-14-2/h3-6,10H,7-9,13H2,1-2H3. The van der Waals surface area contributed by atoms with Crippen LogP contribution < -0.4 is 5.73 Å². The van der Waals surface area contributed by atoms with Gasteiger partial charge in [0.15, 0.2) is 0 Å². The molecular formula is C12H19NOS. The number of hydrogen-bond acceptors (Lipinski definition) is 3. The summed E-state index contributed by atoms with van der Waals surface area (Å²) in [6.45, 7) is 2.83. The van der Waals surface area contributed by atoms with Crippen molar-refractivity contribution in [2.45, 2.75) is 24.3 Å². The van der Waals surface area contributed by atoms with Crippen LogP contribution >= 0.6 is 11.8 Å². The van der Waals surface area contributed by atoms with E-state index in [1.54, 1.807) is 7.11 Å². The molecule has 0 aliphatic carbocycles. The van der Waals surface area contributed by atoms with E-state index in [-0.39, 0.29) is 6.04 Å². The van der Waals surface area contributed by atoms with Crippen LogP contribution in [0.4, 0.5) is 0 Å².